The highest BCUT2D eigenvalue weighted by Crippen LogP contribution is 2.48. The molecule has 58 valence electrons. The molecule has 0 aromatic carbocycles. The fourth-order valence-corrected chi connectivity index (χ4v) is 1.87. The Morgan fingerprint density at radius 2 is 2.50 bits per heavy atom. The summed E-state index contributed by atoms with van der Waals surface area (Å²) in [6.45, 7) is 0.443. The summed E-state index contributed by atoms with van der Waals surface area (Å²) in [6, 6.07) is 0. The Kier molecular flexibility index (Phi) is 1.27. The minimum atomic E-state index is -0.403. The average Bonchev–Trinajstić information content (AvgIpc) is 2.06. The number of rotatable bonds is 1. The molecular formula is C7H12O3. The van der Waals surface area contributed by atoms with Gasteiger partial charge in [-0.1, -0.05) is 0 Å². The first-order valence-electron chi connectivity index (χ1n) is 3.66. The van der Waals surface area contributed by atoms with E-state index >= 15 is 0 Å². The zero-order chi connectivity index (χ0) is 7.19. The van der Waals surface area contributed by atoms with Crippen molar-refractivity contribution >= 4 is 0 Å². The number of ether oxygens (including phenoxy) is 2. The van der Waals surface area contributed by atoms with Crippen LogP contribution in [0.3, 0.4) is 0 Å². The lowest BCUT2D eigenvalue weighted by Gasteiger charge is -2.42. The topological polar surface area (TPSA) is 38.7 Å². The molecule has 2 rings (SSSR count). The molecule has 10 heavy (non-hydrogen) atoms. The third-order valence-corrected chi connectivity index (χ3v) is 2.68. The summed E-state index contributed by atoms with van der Waals surface area (Å²) in [6.07, 6.45) is 1.67. The Morgan fingerprint density at radius 1 is 1.70 bits per heavy atom. The van der Waals surface area contributed by atoms with Gasteiger partial charge in [0, 0.05) is 19.4 Å². The Bertz CT molecular complexity index is 144. The molecular weight excluding hydrogens is 132 g/mol. The minimum absolute atomic E-state index is 0.234. The lowest BCUT2D eigenvalue weighted by molar-refractivity contribution is -0.261. The average molecular weight is 144 g/mol. The van der Waals surface area contributed by atoms with Gasteiger partial charge in [-0.25, -0.2) is 0 Å². The van der Waals surface area contributed by atoms with E-state index in [0.717, 1.165) is 12.8 Å². The molecule has 2 fully saturated rings. The van der Waals surface area contributed by atoms with Crippen molar-refractivity contribution in [2.45, 2.75) is 24.7 Å². The molecule has 0 aromatic rings. The zero-order valence-corrected chi connectivity index (χ0v) is 6.04. The van der Waals surface area contributed by atoms with Crippen LogP contribution < -0.4 is 0 Å². The molecule has 0 bridgehead atoms. The second-order valence-corrected chi connectivity index (χ2v) is 3.04. The van der Waals surface area contributed by atoms with Gasteiger partial charge in [0.1, 0.15) is 0 Å². The highest BCUT2D eigenvalue weighted by molar-refractivity contribution is 4.98. The van der Waals surface area contributed by atoms with Crippen molar-refractivity contribution in [3.8, 4) is 0 Å². The van der Waals surface area contributed by atoms with Crippen LogP contribution in [0.25, 0.3) is 0 Å². The monoisotopic (exact) mass is 144 g/mol. The lowest BCUT2D eigenvalue weighted by Crippen LogP contribution is -2.48. The Labute approximate surface area is 59.9 Å². The van der Waals surface area contributed by atoms with Crippen molar-refractivity contribution < 1.29 is 14.6 Å². The van der Waals surface area contributed by atoms with Crippen LogP contribution >= 0.6 is 0 Å². The lowest BCUT2D eigenvalue weighted by atomic mass is 9.77. The van der Waals surface area contributed by atoms with Gasteiger partial charge >= 0.3 is 0 Å². The predicted octanol–water partition coefficient (Wildman–Crippen LogP) is 0.130. The number of methoxy groups -OCH3 is 1. The van der Waals surface area contributed by atoms with Crippen LogP contribution in [0.5, 0.6) is 0 Å². The van der Waals surface area contributed by atoms with Gasteiger partial charge < -0.3 is 14.6 Å². The first-order chi connectivity index (χ1) is 4.78. The molecule has 3 atom stereocenters. The first-order valence-corrected chi connectivity index (χ1v) is 3.66. The Balaban J connectivity index is 2.12. The second kappa shape index (κ2) is 1.94. The van der Waals surface area contributed by atoms with E-state index < -0.39 is 5.79 Å². The van der Waals surface area contributed by atoms with Crippen molar-refractivity contribution in [3.05, 3.63) is 0 Å². The molecule has 0 spiro atoms. The maximum atomic E-state index is 9.31. The van der Waals surface area contributed by atoms with Crippen LogP contribution in [-0.4, -0.2) is 30.7 Å². The summed E-state index contributed by atoms with van der Waals surface area (Å²) in [7, 11) is 1.64. The molecule has 0 aromatic heterocycles. The van der Waals surface area contributed by atoms with Gasteiger partial charge in [0.05, 0.1) is 12.7 Å². The van der Waals surface area contributed by atoms with E-state index in [-0.39, 0.29) is 12.0 Å². The van der Waals surface area contributed by atoms with E-state index in [4.69, 9.17) is 9.47 Å². The predicted molar refractivity (Wildman–Crippen MR) is 34.4 cm³/mol. The number of hydrogen-bond donors (Lipinski definition) is 1. The van der Waals surface area contributed by atoms with Crippen molar-refractivity contribution in [1.82, 2.24) is 0 Å². The van der Waals surface area contributed by atoms with Gasteiger partial charge in [0.25, 0.3) is 0 Å². The van der Waals surface area contributed by atoms with Gasteiger partial charge in [-0.2, -0.15) is 0 Å². The van der Waals surface area contributed by atoms with Crippen LogP contribution in [0.2, 0.25) is 0 Å². The zero-order valence-electron chi connectivity index (χ0n) is 6.04. The molecule has 1 aliphatic heterocycles. The third-order valence-electron chi connectivity index (χ3n) is 2.68. The molecule has 3 nitrogen and oxygen atoms in total. The van der Waals surface area contributed by atoms with Crippen molar-refractivity contribution in [1.29, 1.82) is 0 Å². The van der Waals surface area contributed by atoms with Crippen molar-refractivity contribution in [2.75, 3.05) is 13.7 Å². The van der Waals surface area contributed by atoms with Crippen LogP contribution in [0.4, 0.5) is 0 Å². The fourth-order valence-electron chi connectivity index (χ4n) is 1.87. The van der Waals surface area contributed by atoms with Gasteiger partial charge in [-0.05, 0) is 6.42 Å². The van der Waals surface area contributed by atoms with E-state index in [2.05, 4.69) is 0 Å². The van der Waals surface area contributed by atoms with Gasteiger partial charge in [-0.3, -0.25) is 0 Å². The van der Waals surface area contributed by atoms with Crippen LogP contribution in [0.1, 0.15) is 12.8 Å². The molecule has 1 saturated carbocycles. The number of aliphatic hydroxyl groups is 1. The third kappa shape index (κ3) is 0.603. The van der Waals surface area contributed by atoms with E-state index in [1.807, 2.05) is 0 Å². The number of aliphatic hydroxyl groups excluding tert-OH is 1. The van der Waals surface area contributed by atoms with E-state index in [9.17, 15) is 5.11 Å². The first kappa shape index (κ1) is 6.58. The smallest absolute Gasteiger partial charge is 0.173 e. The fraction of sp³-hybridized carbons (Fsp3) is 1.00. The maximum absolute atomic E-state index is 9.31. The van der Waals surface area contributed by atoms with Crippen LogP contribution in [0, 0.1) is 5.92 Å². The molecule has 1 aliphatic carbocycles. The summed E-state index contributed by atoms with van der Waals surface area (Å²) >= 11 is 0. The summed E-state index contributed by atoms with van der Waals surface area (Å²) in [5.41, 5.74) is 0. The normalized spacial score (nSPS) is 52.2. The van der Waals surface area contributed by atoms with E-state index in [1.165, 1.54) is 0 Å². The van der Waals surface area contributed by atoms with Gasteiger partial charge in [0.15, 0.2) is 5.79 Å². The van der Waals surface area contributed by atoms with Crippen LogP contribution in [-0.2, 0) is 9.47 Å². The van der Waals surface area contributed by atoms with E-state index in [1.54, 1.807) is 7.11 Å². The SMILES string of the molecule is COC12CCC1C(O)CO2. The minimum Gasteiger partial charge on any atom is -0.390 e. The summed E-state index contributed by atoms with van der Waals surface area (Å²) in [5, 5.41) is 9.31. The van der Waals surface area contributed by atoms with Crippen molar-refractivity contribution in [2.24, 2.45) is 5.92 Å². The van der Waals surface area contributed by atoms with Crippen LogP contribution in [0.15, 0.2) is 0 Å². The Morgan fingerprint density at radius 3 is 2.80 bits per heavy atom. The van der Waals surface area contributed by atoms with E-state index in [0.29, 0.717) is 6.61 Å². The molecule has 0 amide bonds. The molecule has 0 radical (unpaired) electrons. The molecule has 1 saturated heterocycles. The number of fused-ring (bicyclic) bond motifs is 1. The Hall–Kier alpha value is -0.120. The maximum Gasteiger partial charge on any atom is 0.173 e. The number of hydrogen-bond acceptors (Lipinski definition) is 3. The van der Waals surface area contributed by atoms with Gasteiger partial charge in [0.2, 0.25) is 0 Å². The molecule has 3 heteroatoms. The van der Waals surface area contributed by atoms with Crippen molar-refractivity contribution in [3.63, 3.8) is 0 Å². The molecule has 1 N–H and O–H groups in total. The highest BCUT2D eigenvalue weighted by Gasteiger charge is 2.56. The van der Waals surface area contributed by atoms with Gasteiger partial charge in [-0.15, -0.1) is 0 Å². The second-order valence-electron chi connectivity index (χ2n) is 3.04. The quantitative estimate of drug-likeness (QED) is 0.568. The molecule has 1 heterocycles. The standard InChI is InChI=1S/C7H12O3/c1-9-7-3-2-5(7)6(8)4-10-7/h5-6,8H,2-4H2,1H3. The highest BCUT2D eigenvalue weighted by atomic mass is 16.7. The summed E-state index contributed by atoms with van der Waals surface area (Å²) in [4.78, 5) is 0. The summed E-state index contributed by atoms with van der Waals surface area (Å²) in [5.74, 6) is -0.170. The molecule has 2 aliphatic rings. The molecule has 3 unspecified atom stereocenters. The summed E-state index contributed by atoms with van der Waals surface area (Å²) < 4.78 is 10.5. The largest absolute Gasteiger partial charge is 0.390 e.